The van der Waals surface area contributed by atoms with Crippen molar-refractivity contribution in [3.05, 3.63) is 0 Å². The van der Waals surface area contributed by atoms with E-state index >= 15 is 0 Å². The molecule has 0 spiro atoms. The van der Waals surface area contributed by atoms with Crippen LogP contribution in [-0.2, 0) is 0 Å². The highest BCUT2D eigenvalue weighted by Gasteiger charge is 2.10. The summed E-state index contributed by atoms with van der Waals surface area (Å²) in [4.78, 5) is 2.19. The Morgan fingerprint density at radius 3 is 0.857 bits per heavy atom. The first-order chi connectivity index (χ1) is 5.94. The van der Waals surface area contributed by atoms with E-state index in [4.69, 9.17) is 0 Å². The van der Waals surface area contributed by atoms with Crippen molar-refractivity contribution in [2.45, 2.75) is 54.0 Å². The van der Waals surface area contributed by atoms with Crippen LogP contribution in [0.1, 0.15) is 48.5 Å². The second-order valence-corrected chi connectivity index (χ2v) is 3.07. The van der Waals surface area contributed by atoms with Crippen molar-refractivity contribution in [2.24, 2.45) is 0 Å². The molecule has 0 aliphatic carbocycles. The minimum absolute atomic E-state index is 0. The third kappa shape index (κ3) is 39.9. The van der Waals surface area contributed by atoms with E-state index in [2.05, 4.69) is 55.2 Å². The van der Waals surface area contributed by atoms with Gasteiger partial charge in [-0.15, -0.1) is 0 Å². The van der Waals surface area contributed by atoms with Gasteiger partial charge in [-0.05, 0) is 34.9 Å². The largest absolute Gasteiger partial charge is 0.305 e. The first-order valence-corrected chi connectivity index (χ1v) is 4.95. The van der Waals surface area contributed by atoms with E-state index in [0.717, 1.165) is 0 Å². The zero-order valence-corrected chi connectivity index (χ0v) is 11.7. The van der Waals surface area contributed by atoms with Crippen LogP contribution in [0.25, 0.3) is 0 Å². The fourth-order valence-electron chi connectivity index (χ4n) is 0. The summed E-state index contributed by atoms with van der Waals surface area (Å²) in [6.45, 7) is 14.6. The lowest BCUT2D eigenvalue weighted by molar-refractivity contribution is 0.219. The van der Waals surface area contributed by atoms with Gasteiger partial charge < -0.3 is 4.90 Å². The molecule has 0 amide bonds. The van der Waals surface area contributed by atoms with Gasteiger partial charge in [0.1, 0.15) is 0 Å². The maximum absolute atomic E-state index is 4.00. The standard InChI is InChI=1S/C6H15N.2C2H6.B2.B/c1-6(2,3)7(4)5;3*1-2;/h1-5H3;2*1-2H3;;. The zero-order chi connectivity index (χ0) is 12.1. The van der Waals surface area contributed by atoms with Gasteiger partial charge in [-0.3, -0.25) is 0 Å². The highest BCUT2D eigenvalue weighted by molar-refractivity contribution is 6.75. The fourth-order valence-corrected chi connectivity index (χ4v) is 0. The lowest BCUT2D eigenvalue weighted by Gasteiger charge is -2.27. The highest BCUT2D eigenvalue weighted by atomic mass is 15.1. The Labute approximate surface area is 97.4 Å². The van der Waals surface area contributed by atoms with Crippen LogP contribution in [0.3, 0.4) is 0 Å². The van der Waals surface area contributed by atoms with Crippen LogP contribution in [0.2, 0.25) is 0 Å². The molecule has 0 N–H and O–H groups in total. The molecule has 7 radical (unpaired) electrons. The normalized spacial score (nSPS) is 7.57. The van der Waals surface area contributed by atoms with E-state index < -0.39 is 0 Å². The van der Waals surface area contributed by atoms with Crippen molar-refractivity contribution in [3.63, 3.8) is 0 Å². The highest BCUT2D eigenvalue weighted by Crippen LogP contribution is 2.05. The Bertz CT molecular complexity index is 60.9. The maximum Gasteiger partial charge on any atom is 0.0118 e. The van der Waals surface area contributed by atoms with Crippen LogP contribution < -0.4 is 0 Å². The van der Waals surface area contributed by atoms with E-state index in [1.807, 2.05) is 27.7 Å². The first-order valence-electron chi connectivity index (χ1n) is 4.95. The van der Waals surface area contributed by atoms with Gasteiger partial charge in [-0.1, -0.05) is 27.7 Å². The molecule has 0 heterocycles. The SMILES string of the molecule is CC.CC.CN(C)C(C)(C)C.[B].[B][B]. The minimum Gasteiger partial charge on any atom is -0.305 e. The van der Waals surface area contributed by atoms with Gasteiger partial charge in [0.05, 0.1) is 0 Å². The van der Waals surface area contributed by atoms with Gasteiger partial charge in [-0.2, -0.15) is 0 Å². The average molecular weight is 194 g/mol. The third-order valence-electron chi connectivity index (χ3n) is 1.34. The predicted molar refractivity (Wildman–Crippen MR) is 73.4 cm³/mol. The molecule has 14 heavy (non-hydrogen) atoms. The van der Waals surface area contributed by atoms with E-state index in [1.54, 1.807) is 0 Å². The van der Waals surface area contributed by atoms with Crippen molar-refractivity contribution in [2.75, 3.05) is 14.1 Å². The molecule has 0 aliphatic rings. The summed E-state index contributed by atoms with van der Waals surface area (Å²) in [5, 5.41) is 0. The van der Waals surface area contributed by atoms with Crippen molar-refractivity contribution in [1.29, 1.82) is 0 Å². The minimum atomic E-state index is 0. The summed E-state index contributed by atoms with van der Waals surface area (Å²) in [6.07, 6.45) is 0. The molecule has 0 aliphatic heterocycles. The maximum atomic E-state index is 4.00. The molecule has 0 atom stereocenters. The van der Waals surface area contributed by atoms with E-state index in [-0.39, 0.29) is 8.41 Å². The smallest absolute Gasteiger partial charge is 0.0118 e. The Morgan fingerprint density at radius 2 is 0.857 bits per heavy atom. The van der Waals surface area contributed by atoms with E-state index in [0.29, 0.717) is 5.54 Å². The summed E-state index contributed by atoms with van der Waals surface area (Å²) < 4.78 is 0. The van der Waals surface area contributed by atoms with Crippen molar-refractivity contribution >= 4 is 23.9 Å². The molecular weight excluding hydrogens is 167 g/mol. The predicted octanol–water partition coefficient (Wildman–Crippen LogP) is 2.26. The summed E-state index contributed by atoms with van der Waals surface area (Å²) in [7, 11) is 12.2. The van der Waals surface area contributed by atoms with Crippen LogP contribution in [0.15, 0.2) is 0 Å². The first kappa shape index (κ1) is 29.2. The molecule has 1 nitrogen and oxygen atoms in total. The summed E-state index contributed by atoms with van der Waals surface area (Å²) >= 11 is 0. The molecule has 0 unspecified atom stereocenters. The summed E-state index contributed by atoms with van der Waals surface area (Å²) in [6, 6.07) is 0. The molecule has 0 aromatic heterocycles. The second-order valence-electron chi connectivity index (χ2n) is 3.07. The average Bonchev–Trinajstić information content (AvgIpc) is 2.13. The Balaban J connectivity index is -0.0000000332. The summed E-state index contributed by atoms with van der Waals surface area (Å²) in [5.74, 6) is 0. The molecule has 0 aromatic carbocycles. The molecule has 81 valence electrons. The quantitative estimate of drug-likeness (QED) is 0.534. The van der Waals surface area contributed by atoms with Gasteiger partial charge in [0.15, 0.2) is 0 Å². The molecular formula is C10H27B3N. The van der Waals surface area contributed by atoms with Gasteiger partial charge in [0.2, 0.25) is 0 Å². The monoisotopic (exact) mass is 194 g/mol. The molecule has 0 aromatic rings. The number of hydrogen-bond acceptors (Lipinski definition) is 1. The third-order valence-corrected chi connectivity index (χ3v) is 1.34. The summed E-state index contributed by atoms with van der Waals surface area (Å²) in [5.41, 5.74) is 0.333. The second kappa shape index (κ2) is 23.2. The van der Waals surface area contributed by atoms with Crippen LogP contribution in [0.4, 0.5) is 0 Å². The lowest BCUT2D eigenvalue weighted by atomic mass is 9.81. The van der Waals surface area contributed by atoms with Gasteiger partial charge in [0.25, 0.3) is 0 Å². The topological polar surface area (TPSA) is 3.24 Å². The Hall–Kier alpha value is 0.155. The molecule has 0 bridgehead atoms. The number of hydrogen-bond donors (Lipinski definition) is 0. The fraction of sp³-hybridized carbons (Fsp3) is 1.00. The molecule has 0 rings (SSSR count). The Kier molecular flexibility index (Phi) is 48.4. The van der Waals surface area contributed by atoms with Crippen molar-refractivity contribution in [3.8, 4) is 0 Å². The van der Waals surface area contributed by atoms with E-state index in [1.165, 1.54) is 0 Å². The van der Waals surface area contributed by atoms with Gasteiger partial charge >= 0.3 is 0 Å². The number of rotatable bonds is 0. The van der Waals surface area contributed by atoms with Crippen LogP contribution in [-0.4, -0.2) is 48.4 Å². The van der Waals surface area contributed by atoms with Crippen molar-refractivity contribution < 1.29 is 0 Å². The number of nitrogens with zero attached hydrogens (tertiary/aromatic N) is 1. The van der Waals surface area contributed by atoms with Crippen LogP contribution in [0.5, 0.6) is 0 Å². The van der Waals surface area contributed by atoms with Crippen molar-refractivity contribution in [1.82, 2.24) is 4.90 Å². The van der Waals surface area contributed by atoms with Crippen LogP contribution >= 0.6 is 0 Å². The van der Waals surface area contributed by atoms with E-state index in [9.17, 15) is 0 Å². The molecule has 0 fully saturated rings. The lowest BCUT2D eigenvalue weighted by Crippen LogP contribution is -2.34. The molecule has 0 saturated heterocycles. The van der Waals surface area contributed by atoms with Gasteiger partial charge in [0, 0.05) is 29.4 Å². The Morgan fingerprint density at radius 1 is 0.786 bits per heavy atom. The van der Waals surface area contributed by atoms with Crippen LogP contribution in [0, 0.1) is 0 Å². The molecule has 0 saturated carbocycles. The molecule has 4 heteroatoms. The zero-order valence-electron chi connectivity index (χ0n) is 11.7. The van der Waals surface area contributed by atoms with Gasteiger partial charge in [-0.25, -0.2) is 0 Å².